The second-order valence-corrected chi connectivity index (χ2v) is 22.4. The lowest BCUT2D eigenvalue weighted by molar-refractivity contribution is 1.15. The smallest absolute Gasteiger partial charge is 0.249 e. The predicted molar refractivity (Wildman–Crippen MR) is 313 cm³/mol. The summed E-state index contributed by atoms with van der Waals surface area (Å²) < 4.78 is 7.79. The van der Waals surface area contributed by atoms with Crippen LogP contribution in [0.15, 0.2) is 246 Å². The molecule has 2 aliphatic heterocycles. The topological polar surface area (TPSA) is 8.17 Å². The van der Waals surface area contributed by atoms with Crippen molar-refractivity contribution in [3.05, 3.63) is 237 Å². The summed E-state index contributed by atoms with van der Waals surface area (Å²) in [5.74, 6) is 0. The van der Waals surface area contributed by atoms with E-state index in [1.54, 1.807) is 0 Å². The molecular formula is C66H39BN2S3. The van der Waals surface area contributed by atoms with Gasteiger partial charge >= 0.3 is 0 Å². The number of para-hydroxylation sites is 2. The van der Waals surface area contributed by atoms with E-state index in [4.69, 9.17) is 0 Å². The number of aromatic nitrogens is 1. The molecule has 0 saturated heterocycles. The van der Waals surface area contributed by atoms with Crippen molar-refractivity contribution in [1.82, 2.24) is 4.57 Å². The average Bonchev–Trinajstić information content (AvgIpc) is 4.12. The minimum Gasteiger partial charge on any atom is -0.311 e. The van der Waals surface area contributed by atoms with Gasteiger partial charge in [0.25, 0.3) is 0 Å². The molecule has 0 amide bonds. The van der Waals surface area contributed by atoms with Crippen LogP contribution in [0.25, 0.3) is 101 Å². The Morgan fingerprint density at radius 1 is 0.306 bits per heavy atom. The maximum atomic E-state index is 2.57. The number of benzene rings is 11. The molecule has 5 heterocycles. The first-order valence-corrected chi connectivity index (χ1v) is 27.0. The van der Waals surface area contributed by atoms with Crippen LogP contribution < -0.4 is 21.3 Å². The van der Waals surface area contributed by atoms with Crippen molar-refractivity contribution in [3.8, 4) is 39.1 Å². The van der Waals surface area contributed by atoms with E-state index in [-0.39, 0.29) is 6.71 Å². The Labute approximate surface area is 428 Å². The summed E-state index contributed by atoms with van der Waals surface area (Å²) in [5.41, 5.74) is 18.5. The zero-order chi connectivity index (χ0) is 47.0. The van der Waals surface area contributed by atoms with Gasteiger partial charge in [-0.3, -0.25) is 0 Å². The van der Waals surface area contributed by atoms with E-state index < -0.39 is 0 Å². The molecule has 2 aliphatic rings. The van der Waals surface area contributed by atoms with Crippen molar-refractivity contribution >= 4 is 137 Å². The third-order valence-corrected chi connectivity index (χ3v) is 18.7. The quantitative estimate of drug-likeness (QED) is 0.159. The molecule has 0 N–H and O–H groups in total. The summed E-state index contributed by atoms with van der Waals surface area (Å²) in [6.07, 6.45) is 0. The van der Waals surface area contributed by atoms with Gasteiger partial charge in [-0.15, -0.1) is 22.7 Å². The summed E-state index contributed by atoms with van der Waals surface area (Å²) in [7, 11) is 0. The van der Waals surface area contributed by atoms with Gasteiger partial charge in [0.05, 0.1) is 11.0 Å². The summed E-state index contributed by atoms with van der Waals surface area (Å²) in [6.45, 7) is 0.0167. The summed E-state index contributed by atoms with van der Waals surface area (Å²) in [6, 6.07) is 89.0. The third kappa shape index (κ3) is 6.10. The number of rotatable bonds is 5. The molecule has 0 fully saturated rings. The first kappa shape index (κ1) is 40.6. The normalized spacial score (nSPS) is 12.9. The second-order valence-electron chi connectivity index (χ2n) is 19.2. The van der Waals surface area contributed by atoms with Crippen LogP contribution in [0.5, 0.6) is 0 Å². The highest BCUT2D eigenvalue weighted by atomic mass is 32.2. The highest BCUT2D eigenvalue weighted by Crippen LogP contribution is 2.47. The Bertz CT molecular complexity index is 4510. The van der Waals surface area contributed by atoms with Gasteiger partial charge in [-0.25, -0.2) is 0 Å². The van der Waals surface area contributed by atoms with Crippen LogP contribution in [0.4, 0.5) is 17.1 Å². The predicted octanol–water partition coefficient (Wildman–Crippen LogP) is 17.3. The average molecular weight is 967 g/mol. The van der Waals surface area contributed by atoms with Gasteiger partial charge in [-0.2, -0.15) is 0 Å². The van der Waals surface area contributed by atoms with Gasteiger partial charge in [0, 0.05) is 83.7 Å². The summed E-state index contributed by atoms with van der Waals surface area (Å²) >= 11 is 5.67. The molecule has 0 unspecified atom stereocenters. The molecule has 14 aromatic rings. The lowest BCUT2D eigenvalue weighted by atomic mass is 9.34. The molecular weight excluding hydrogens is 928 g/mol. The van der Waals surface area contributed by atoms with Crippen LogP contribution in [0.1, 0.15) is 0 Å². The molecule has 0 radical (unpaired) electrons. The van der Waals surface area contributed by atoms with Gasteiger partial charge in [0.2, 0.25) is 6.71 Å². The van der Waals surface area contributed by atoms with E-state index in [0.29, 0.717) is 0 Å². The van der Waals surface area contributed by atoms with Crippen molar-refractivity contribution in [3.63, 3.8) is 0 Å². The van der Waals surface area contributed by atoms with Gasteiger partial charge in [-0.05, 0) is 129 Å². The molecule has 0 aliphatic carbocycles. The second kappa shape index (κ2) is 15.7. The first-order valence-electron chi connectivity index (χ1n) is 24.6. The summed E-state index contributed by atoms with van der Waals surface area (Å²) in [5, 5.41) is 7.79. The van der Waals surface area contributed by atoms with Crippen molar-refractivity contribution < 1.29 is 0 Å². The van der Waals surface area contributed by atoms with E-state index in [2.05, 4.69) is 246 Å². The van der Waals surface area contributed by atoms with Crippen LogP contribution >= 0.6 is 34.4 Å². The Balaban J connectivity index is 0.946. The first-order chi connectivity index (χ1) is 35.7. The molecule has 16 rings (SSSR count). The zero-order valence-electron chi connectivity index (χ0n) is 38.7. The van der Waals surface area contributed by atoms with Gasteiger partial charge in [-0.1, -0.05) is 169 Å². The van der Waals surface area contributed by atoms with Crippen molar-refractivity contribution in [2.45, 2.75) is 9.79 Å². The standard InChI is InChI=1S/C66H39BN2S3/c1-2-12-40(13-3-1)41-22-28-46(29-23-41)68-58-36-44(42-26-32-62-52(34-42)50-16-6-10-20-60(50)70-62)24-30-54(58)67-55-31-25-45(43-27-33-63-53(35-43)51-17-7-11-21-61(51)71-63)37-64(55)72-65-39-47(38-59(68)66(65)67)69-56-18-8-4-14-48(56)49-15-5-9-19-57(49)69/h1-39H. The van der Waals surface area contributed by atoms with Crippen molar-refractivity contribution in [1.29, 1.82) is 0 Å². The fourth-order valence-corrected chi connectivity index (χ4v) is 15.4. The molecule has 11 aromatic carbocycles. The molecule has 0 saturated carbocycles. The van der Waals surface area contributed by atoms with E-state index in [9.17, 15) is 0 Å². The number of nitrogens with zero attached hydrogens (tertiary/aromatic N) is 2. The Hall–Kier alpha value is -8.13. The fourth-order valence-electron chi connectivity index (χ4n) is 11.9. The highest BCUT2D eigenvalue weighted by molar-refractivity contribution is 8.00. The number of fused-ring (bicyclic) bond motifs is 13. The fraction of sp³-hybridized carbons (Fsp3) is 0. The van der Waals surface area contributed by atoms with E-state index in [1.807, 2.05) is 34.4 Å². The summed E-state index contributed by atoms with van der Waals surface area (Å²) in [4.78, 5) is 5.16. The third-order valence-electron chi connectivity index (χ3n) is 15.3. The maximum absolute atomic E-state index is 2.57. The van der Waals surface area contributed by atoms with Gasteiger partial charge in [0.1, 0.15) is 0 Å². The molecule has 0 bridgehead atoms. The number of hydrogen-bond acceptors (Lipinski definition) is 4. The van der Waals surface area contributed by atoms with Crippen LogP contribution in [0.2, 0.25) is 0 Å². The number of hydrogen-bond donors (Lipinski definition) is 0. The maximum Gasteiger partial charge on any atom is 0.249 e. The molecule has 72 heavy (non-hydrogen) atoms. The lowest BCUT2D eigenvalue weighted by Crippen LogP contribution is -2.59. The molecule has 3 aromatic heterocycles. The minimum absolute atomic E-state index is 0.0167. The molecule has 334 valence electrons. The largest absolute Gasteiger partial charge is 0.311 e. The van der Waals surface area contributed by atoms with Crippen LogP contribution in [-0.4, -0.2) is 11.3 Å². The zero-order valence-corrected chi connectivity index (χ0v) is 41.2. The number of anilines is 3. The molecule has 2 nitrogen and oxygen atoms in total. The molecule has 0 atom stereocenters. The van der Waals surface area contributed by atoms with Gasteiger partial charge < -0.3 is 9.47 Å². The Kier molecular flexibility index (Phi) is 8.84. The Morgan fingerprint density at radius 2 is 0.806 bits per heavy atom. The van der Waals surface area contributed by atoms with Gasteiger partial charge in [0.15, 0.2) is 0 Å². The Morgan fingerprint density at radius 3 is 1.46 bits per heavy atom. The van der Waals surface area contributed by atoms with E-state index in [0.717, 1.165) is 11.4 Å². The SMILES string of the molecule is c1ccc(-c2ccc(N3c4cc(-c5ccc6sc7ccccc7c6c5)ccc4B4c5ccc(-c6ccc7sc8ccccc8c7c6)cc5Sc5cc(-n6c7ccccc7c7ccccc76)cc3c54)cc2)cc1. The molecule has 0 spiro atoms. The van der Waals surface area contributed by atoms with E-state index >= 15 is 0 Å². The van der Waals surface area contributed by atoms with E-state index in [1.165, 1.54) is 133 Å². The molecule has 6 heteroatoms. The number of thiophene rings is 2. The van der Waals surface area contributed by atoms with Crippen LogP contribution in [0, 0.1) is 0 Å². The highest BCUT2D eigenvalue weighted by Gasteiger charge is 2.42. The van der Waals surface area contributed by atoms with Crippen LogP contribution in [0.3, 0.4) is 0 Å². The van der Waals surface area contributed by atoms with Crippen molar-refractivity contribution in [2.75, 3.05) is 4.90 Å². The van der Waals surface area contributed by atoms with Crippen LogP contribution in [-0.2, 0) is 0 Å². The monoisotopic (exact) mass is 966 g/mol. The minimum atomic E-state index is 0.0167. The van der Waals surface area contributed by atoms with Crippen molar-refractivity contribution in [2.24, 2.45) is 0 Å². The lowest BCUT2D eigenvalue weighted by Gasteiger charge is -2.41.